The van der Waals surface area contributed by atoms with Crippen molar-refractivity contribution in [1.29, 1.82) is 5.26 Å². The van der Waals surface area contributed by atoms with Crippen LogP contribution in [0.4, 0.5) is 0 Å². The molecular formula is C12H10N2O. The number of fused-ring (bicyclic) bond motifs is 1. The van der Waals surface area contributed by atoms with Gasteiger partial charge in [-0.2, -0.15) is 5.26 Å². The molecule has 0 aliphatic heterocycles. The first-order valence-electron chi connectivity index (χ1n) is 4.80. The summed E-state index contributed by atoms with van der Waals surface area (Å²) in [5.41, 5.74) is 2.58. The first-order valence-corrected chi connectivity index (χ1v) is 4.80. The average Bonchev–Trinajstić information content (AvgIpc) is 2.69. The number of carbonyl (C=O) groups is 1. The van der Waals surface area contributed by atoms with Gasteiger partial charge in [-0.1, -0.05) is 6.92 Å². The Morgan fingerprint density at radius 2 is 2.27 bits per heavy atom. The van der Waals surface area contributed by atoms with E-state index in [9.17, 15) is 4.79 Å². The third-order valence-corrected chi connectivity index (χ3v) is 2.42. The number of Topliss-reactive ketones (excluding diaryl/α,β-unsaturated/α-hetero) is 1. The van der Waals surface area contributed by atoms with Gasteiger partial charge in [0, 0.05) is 22.2 Å². The molecule has 3 nitrogen and oxygen atoms in total. The maximum Gasteiger partial charge on any atom is 0.262 e. The molecule has 3 heteroatoms. The molecule has 0 radical (unpaired) electrons. The van der Waals surface area contributed by atoms with Crippen molar-refractivity contribution in [3.05, 3.63) is 35.5 Å². The molecule has 0 saturated heterocycles. The fourth-order valence-electron chi connectivity index (χ4n) is 1.59. The third-order valence-electron chi connectivity index (χ3n) is 2.42. The Kier molecular flexibility index (Phi) is 2.26. The molecule has 74 valence electrons. The molecule has 0 aliphatic rings. The van der Waals surface area contributed by atoms with Gasteiger partial charge >= 0.3 is 0 Å². The van der Waals surface area contributed by atoms with Crippen LogP contribution in [0.15, 0.2) is 24.3 Å². The number of aryl methyl sites for hydroxylation is 1. The molecule has 0 bridgehead atoms. The number of nitrogens with one attached hydrogen (secondary N) is 1. The van der Waals surface area contributed by atoms with Gasteiger partial charge in [0.05, 0.1) is 0 Å². The van der Waals surface area contributed by atoms with Crippen LogP contribution in [0.1, 0.15) is 23.0 Å². The second kappa shape index (κ2) is 3.58. The summed E-state index contributed by atoms with van der Waals surface area (Å²) in [5.74, 6) is -0.490. The monoisotopic (exact) mass is 198 g/mol. The molecule has 1 aromatic heterocycles. The van der Waals surface area contributed by atoms with E-state index in [1.54, 1.807) is 18.2 Å². The van der Waals surface area contributed by atoms with Gasteiger partial charge in [0.15, 0.2) is 0 Å². The van der Waals surface area contributed by atoms with Crippen LogP contribution in [0, 0.1) is 11.3 Å². The van der Waals surface area contributed by atoms with Crippen LogP contribution in [-0.4, -0.2) is 10.8 Å². The predicted octanol–water partition coefficient (Wildman–Crippen LogP) is 2.44. The zero-order valence-electron chi connectivity index (χ0n) is 8.37. The van der Waals surface area contributed by atoms with Crippen molar-refractivity contribution in [2.24, 2.45) is 0 Å². The Balaban J connectivity index is 2.56. The topological polar surface area (TPSA) is 56.6 Å². The van der Waals surface area contributed by atoms with Crippen LogP contribution in [0.25, 0.3) is 10.9 Å². The Labute approximate surface area is 87.3 Å². The molecule has 2 aromatic rings. The molecule has 15 heavy (non-hydrogen) atoms. The number of ketones is 1. The first kappa shape index (κ1) is 9.47. The highest BCUT2D eigenvalue weighted by Crippen LogP contribution is 2.17. The van der Waals surface area contributed by atoms with E-state index < -0.39 is 5.78 Å². The number of aromatic amines is 1. The molecule has 0 spiro atoms. The van der Waals surface area contributed by atoms with Crippen molar-refractivity contribution in [2.45, 2.75) is 13.3 Å². The molecule has 1 aromatic carbocycles. The third kappa shape index (κ3) is 1.62. The second-order valence-corrected chi connectivity index (χ2v) is 3.39. The highest BCUT2D eigenvalue weighted by atomic mass is 16.1. The molecule has 0 aliphatic carbocycles. The van der Waals surface area contributed by atoms with E-state index in [0.29, 0.717) is 5.56 Å². The van der Waals surface area contributed by atoms with Crippen LogP contribution in [0.5, 0.6) is 0 Å². The molecular weight excluding hydrogens is 188 g/mol. The van der Waals surface area contributed by atoms with Crippen molar-refractivity contribution >= 4 is 16.7 Å². The highest BCUT2D eigenvalue weighted by Gasteiger charge is 2.06. The van der Waals surface area contributed by atoms with Crippen LogP contribution >= 0.6 is 0 Å². The van der Waals surface area contributed by atoms with E-state index in [1.807, 2.05) is 12.1 Å². The van der Waals surface area contributed by atoms with E-state index in [-0.39, 0.29) is 0 Å². The molecule has 0 fully saturated rings. The van der Waals surface area contributed by atoms with Gasteiger partial charge in [0.25, 0.3) is 5.78 Å². The van der Waals surface area contributed by atoms with E-state index in [4.69, 9.17) is 5.26 Å². The number of rotatable bonds is 2. The molecule has 1 heterocycles. The predicted molar refractivity (Wildman–Crippen MR) is 57.6 cm³/mol. The maximum absolute atomic E-state index is 11.2. The van der Waals surface area contributed by atoms with Crippen LogP contribution in [-0.2, 0) is 6.42 Å². The van der Waals surface area contributed by atoms with Gasteiger partial charge in [0.1, 0.15) is 6.07 Å². The van der Waals surface area contributed by atoms with Crippen LogP contribution < -0.4 is 0 Å². The quantitative estimate of drug-likeness (QED) is 0.595. The molecule has 0 saturated carbocycles. The number of H-pyrrole nitrogens is 1. The first-order chi connectivity index (χ1) is 7.24. The van der Waals surface area contributed by atoms with E-state index >= 15 is 0 Å². The molecule has 0 unspecified atom stereocenters. The fraction of sp³-hybridized carbons (Fsp3) is 0.167. The molecule has 2 rings (SSSR count). The van der Waals surface area contributed by atoms with Gasteiger partial charge in [-0.3, -0.25) is 4.79 Å². The zero-order chi connectivity index (χ0) is 10.8. The minimum absolute atomic E-state index is 0.451. The zero-order valence-corrected chi connectivity index (χ0v) is 8.37. The van der Waals surface area contributed by atoms with E-state index in [2.05, 4.69) is 11.9 Å². The average molecular weight is 198 g/mol. The summed E-state index contributed by atoms with van der Waals surface area (Å²) < 4.78 is 0. The Morgan fingerprint density at radius 3 is 2.93 bits per heavy atom. The minimum Gasteiger partial charge on any atom is -0.358 e. The van der Waals surface area contributed by atoms with Gasteiger partial charge in [-0.15, -0.1) is 0 Å². The van der Waals surface area contributed by atoms with Gasteiger partial charge in [-0.25, -0.2) is 0 Å². The van der Waals surface area contributed by atoms with Crippen LogP contribution in [0.3, 0.4) is 0 Å². The van der Waals surface area contributed by atoms with Gasteiger partial charge in [-0.05, 0) is 30.7 Å². The minimum atomic E-state index is -0.490. The lowest BCUT2D eigenvalue weighted by atomic mass is 10.1. The number of carbonyl (C=O) groups excluding carboxylic acids is 1. The lowest BCUT2D eigenvalue weighted by Crippen LogP contribution is -1.92. The number of hydrogen-bond acceptors (Lipinski definition) is 2. The number of nitrogens with zero attached hydrogens (tertiary/aromatic N) is 1. The fourth-order valence-corrected chi connectivity index (χ4v) is 1.59. The maximum atomic E-state index is 11.2. The number of nitriles is 1. The van der Waals surface area contributed by atoms with Crippen molar-refractivity contribution in [3.8, 4) is 6.07 Å². The number of hydrogen-bond donors (Lipinski definition) is 1. The number of aromatic nitrogens is 1. The Morgan fingerprint density at radius 1 is 1.47 bits per heavy atom. The summed E-state index contributed by atoms with van der Waals surface area (Å²) in [6.45, 7) is 2.06. The lowest BCUT2D eigenvalue weighted by molar-refractivity contribution is 0.105. The highest BCUT2D eigenvalue weighted by molar-refractivity contribution is 6.09. The van der Waals surface area contributed by atoms with Crippen molar-refractivity contribution in [1.82, 2.24) is 4.98 Å². The van der Waals surface area contributed by atoms with E-state index in [1.165, 1.54) is 0 Å². The second-order valence-electron chi connectivity index (χ2n) is 3.39. The Bertz CT molecular complexity index is 560. The van der Waals surface area contributed by atoms with Gasteiger partial charge in [0.2, 0.25) is 0 Å². The SMILES string of the molecule is CCc1cc2cc(C(=O)C#N)ccc2[nH]1. The van der Waals surface area contributed by atoms with Crippen molar-refractivity contribution in [3.63, 3.8) is 0 Å². The van der Waals surface area contributed by atoms with Crippen molar-refractivity contribution < 1.29 is 4.79 Å². The summed E-state index contributed by atoms with van der Waals surface area (Å²) in [6.07, 6.45) is 0.927. The lowest BCUT2D eigenvalue weighted by Gasteiger charge is -1.92. The summed E-state index contributed by atoms with van der Waals surface area (Å²) in [5, 5.41) is 9.48. The molecule has 0 amide bonds. The van der Waals surface area contributed by atoms with Gasteiger partial charge < -0.3 is 4.98 Å². The summed E-state index contributed by atoms with van der Waals surface area (Å²) in [7, 11) is 0. The number of benzene rings is 1. The summed E-state index contributed by atoms with van der Waals surface area (Å²) in [4.78, 5) is 14.4. The molecule has 0 atom stereocenters. The van der Waals surface area contributed by atoms with E-state index in [0.717, 1.165) is 23.0 Å². The standard InChI is InChI=1S/C12H10N2O/c1-2-10-6-9-5-8(12(15)7-13)3-4-11(9)14-10/h3-6,14H,2H2,1H3. The molecule has 1 N–H and O–H groups in total. The normalized spacial score (nSPS) is 10.1. The smallest absolute Gasteiger partial charge is 0.262 e. The van der Waals surface area contributed by atoms with Crippen molar-refractivity contribution in [2.75, 3.05) is 0 Å². The largest absolute Gasteiger partial charge is 0.358 e. The summed E-state index contributed by atoms with van der Waals surface area (Å²) >= 11 is 0. The summed E-state index contributed by atoms with van der Waals surface area (Å²) in [6, 6.07) is 8.87. The Hall–Kier alpha value is -2.08. The van der Waals surface area contributed by atoms with Crippen LogP contribution in [0.2, 0.25) is 0 Å².